The molecule has 0 unspecified atom stereocenters. The Morgan fingerprint density at radius 1 is 1.18 bits per heavy atom. The molecule has 0 spiro atoms. The molecule has 5 rings (SSSR count). The van der Waals surface area contributed by atoms with Crippen molar-refractivity contribution in [3.8, 4) is 11.3 Å². The predicted octanol–water partition coefficient (Wildman–Crippen LogP) is 1.94. The van der Waals surface area contributed by atoms with E-state index in [1.165, 1.54) is 11.9 Å². The standard InChI is InChI=1S/C20H24FN7/c1-12-2-4-13(5-3-12)18-17-19(22)24-11-25-20(17)28(26-18)16-6-7-27(10-15(16)21)14-8-23-9-14/h2-5,11,14-16,23H,6-10H2,1H3,(H2,22,24,25)/t15-,16-/m1/s1. The molecule has 3 N–H and O–H groups in total. The van der Waals surface area contributed by atoms with E-state index in [9.17, 15) is 0 Å². The number of hydrogen-bond donors (Lipinski definition) is 2. The van der Waals surface area contributed by atoms with Crippen molar-refractivity contribution < 1.29 is 4.39 Å². The minimum absolute atomic E-state index is 0.347. The van der Waals surface area contributed by atoms with E-state index in [-0.39, 0.29) is 6.04 Å². The molecule has 0 aliphatic carbocycles. The molecule has 2 atom stereocenters. The molecule has 1 aromatic carbocycles. The summed E-state index contributed by atoms with van der Waals surface area (Å²) in [6.07, 6.45) is 1.13. The summed E-state index contributed by atoms with van der Waals surface area (Å²) in [7, 11) is 0. The summed E-state index contributed by atoms with van der Waals surface area (Å²) in [5.74, 6) is 0.375. The summed E-state index contributed by atoms with van der Waals surface area (Å²) in [5.41, 5.74) is 9.60. The molecule has 3 aromatic rings. The molecular weight excluding hydrogens is 357 g/mol. The minimum atomic E-state index is -1.00. The van der Waals surface area contributed by atoms with Crippen LogP contribution in [0.2, 0.25) is 0 Å². The minimum Gasteiger partial charge on any atom is -0.383 e. The number of nitrogen functional groups attached to an aromatic ring is 1. The first-order chi connectivity index (χ1) is 13.6. The average Bonchev–Trinajstić information content (AvgIpc) is 3.02. The summed E-state index contributed by atoms with van der Waals surface area (Å²) >= 11 is 0. The van der Waals surface area contributed by atoms with Gasteiger partial charge in [-0.1, -0.05) is 29.8 Å². The third-order valence-electron chi connectivity index (χ3n) is 5.97. The smallest absolute Gasteiger partial charge is 0.164 e. The monoisotopic (exact) mass is 381 g/mol. The van der Waals surface area contributed by atoms with Gasteiger partial charge in [0.2, 0.25) is 0 Å². The molecule has 0 radical (unpaired) electrons. The molecule has 8 heteroatoms. The lowest BCUT2D eigenvalue weighted by molar-refractivity contribution is 0.0401. The lowest BCUT2D eigenvalue weighted by atomic mass is 9.99. The van der Waals surface area contributed by atoms with Crippen molar-refractivity contribution in [2.45, 2.75) is 31.6 Å². The number of aryl methyl sites for hydroxylation is 1. The van der Waals surface area contributed by atoms with Crippen LogP contribution in [0.1, 0.15) is 18.0 Å². The van der Waals surface area contributed by atoms with Crippen LogP contribution in [0.5, 0.6) is 0 Å². The second-order valence-electron chi connectivity index (χ2n) is 7.80. The van der Waals surface area contributed by atoms with Gasteiger partial charge in [-0.3, -0.25) is 4.90 Å². The lowest BCUT2D eigenvalue weighted by Crippen LogP contribution is -2.60. The van der Waals surface area contributed by atoms with Crippen LogP contribution >= 0.6 is 0 Å². The number of piperidine rings is 1. The zero-order chi connectivity index (χ0) is 19.3. The number of likely N-dealkylation sites (tertiary alicyclic amines) is 1. The molecule has 2 aromatic heterocycles. The number of benzene rings is 1. The van der Waals surface area contributed by atoms with Gasteiger partial charge in [0.15, 0.2) is 5.65 Å². The lowest BCUT2D eigenvalue weighted by Gasteiger charge is -2.43. The molecule has 0 bridgehead atoms. The SMILES string of the molecule is Cc1ccc(-c2nn([C@@H]3CCN(C4CNC4)C[C@H]3F)c3ncnc(N)c23)cc1. The number of halogens is 1. The Labute approximate surface area is 162 Å². The van der Waals surface area contributed by atoms with Gasteiger partial charge >= 0.3 is 0 Å². The van der Waals surface area contributed by atoms with E-state index >= 15 is 4.39 Å². The van der Waals surface area contributed by atoms with Crippen LogP contribution < -0.4 is 11.1 Å². The van der Waals surface area contributed by atoms with Crippen molar-refractivity contribution in [3.63, 3.8) is 0 Å². The van der Waals surface area contributed by atoms with Gasteiger partial charge in [-0.05, 0) is 13.3 Å². The van der Waals surface area contributed by atoms with Gasteiger partial charge in [-0.25, -0.2) is 19.0 Å². The molecule has 7 nitrogen and oxygen atoms in total. The molecule has 146 valence electrons. The van der Waals surface area contributed by atoms with Crippen LogP contribution in [0.15, 0.2) is 30.6 Å². The highest BCUT2D eigenvalue weighted by Gasteiger charge is 2.37. The van der Waals surface area contributed by atoms with Crippen molar-refractivity contribution in [1.29, 1.82) is 0 Å². The van der Waals surface area contributed by atoms with E-state index in [2.05, 4.69) is 20.2 Å². The molecular formula is C20H24FN7. The number of nitrogens with zero attached hydrogens (tertiary/aromatic N) is 5. The van der Waals surface area contributed by atoms with Crippen LogP contribution in [0, 0.1) is 6.92 Å². The van der Waals surface area contributed by atoms with Crippen molar-refractivity contribution >= 4 is 16.9 Å². The largest absolute Gasteiger partial charge is 0.383 e. The second kappa shape index (κ2) is 6.79. The van der Waals surface area contributed by atoms with Gasteiger partial charge in [0.1, 0.15) is 24.0 Å². The van der Waals surface area contributed by atoms with E-state index in [0.717, 1.165) is 25.2 Å². The summed E-state index contributed by atoms with van der Waals surface area (Å²) in [5, 5.41) is 8.75. The Morgan fingerprint density at radius 3 is 2.64 bits per heavy atom. The van der Waals surface area contributed by atoms with Crippen molar-refractivity contribution in [2.75, 3.05) is 31.9 Å². The molecule has 4 heterocycles. The van der Waals surface area contributed by atoms with Gasteiger partial charge < -0.3 is 11.1 Å². The zero-order valence-electron chi connectivity index (χ0n) is 15.8. The van der Waals surface area contributed by atoms with E-state index in [1.54, 1.807) is 4.68 Å². The first kappa shape index (κ1) is 17.5. The van der Waals surface area contributed by atoms with Gasteiger partial charge in [-0.2, -0.15) is 5.10 Å². The van der Waals surface area contributed by atoms with E-state index in [0.29, 0.717) is 41.6 Å². The van der Waals surface area contributed by atoms with Crippen LogP contribution in [-0.2, 0) is 0 Å². The van der Waals surface area contributed by atoms with Gasteiger partial charge in [0.25, 0.3) is 0 Å². The third-order valence-corrected chi connectivity index (χ3v) is 5.97. The highest BCUT2D eigenvalue weighted by atomic mass is 19.1. The van der Waals surface area contributed by atoms with E-state index in [1.807, 2.05) is 31.2 Å². The number of rotatable bonds is 3. The Morgan fingerprint density at radius 2 is 1.96 bits per heavy atom. The molecule has 2 aliphatic rings. The highest BCUT2D eigenvalue weighted by Crippen LogP contribution is 2.35. The molecule has 0 amide bonds. The second-order valence-corrected chi connectivity index (χ2v) is 7.80. The summed E-state index contributed by atoms with van der Waals surface area (Å²) in [6, 6.07) is 8.18. The number of aromatic nitrogens is 4. The number of nitrogens with one attached hydrogen (secondary N) is 1. The molecule has 2 fully saturated rings. The van der Waals surface area contributed by atoms with Gasteiger partial charge in [0.05, 0.1) is 11.4 Å². The van der Waals surface area contributed by atoms with E-state index in [4.69, 9.17) is 10.8 Å². The van der Waals surface area contributed by atoms with Crippen LogP contribution in [0.3, 0.4) is 0 Å². The molecule has 2 aliphatic heterocycles. The highest BCUT2D eigenvalue weighted by molar-refractivity contribution is 5.98. The predicted molar refractivity (Wildman–Crippen MR) is 107 cm³/mol. The quantitative estimate of drug-likeness (QED) is 0.721. The summed E-state index contributed by atoms with van der Waals surface area (Å²) in [6.45, 7) is 5.22. The maximum absolute atomic E-state index is 15.2. The fourth-order valence-electron chi connectivity index (χ4n) is 4.19. The fraction of sp³-hybridized carbons (Fsp3) is 0.450. The number of anilines is 1. The Bertz CT molecular complexity index is 996. The molecule has 28 heavy (non-hydrogen) atoms. The number of hydrogen-bond acceptors (Lipinski definition) is 6. The zero-order valence-corrected chi connectivity index (χ0v) is 15.8. The third kappa shape index (κ3) is 2.84. The van der Waals surface area contributed by atoms with Crippen LogP contribution in [-0.4, -0.2) is 63.0 Å². The topological polar surface area (TPSA) is 84.9 Å². The number of nitrogens with two attached hydrogens (primary N) is 1. The average molecular weight is 381 g/mol. The molecule has 0 saturated carbocycles. The molecule has 2 saturated heterocycles. The van der Waals surface area contributed by atoms with Crippen LogP contribution in [0.4, 0.5) is 10.2 Å². The Balaban J connectivity index is 1.55. The summed E-state index contributed by atoms with van der Waals surface area (Å²) in [4.78, 5) is 10.8. The first-order valence-electron chi connectivity index (χ1n) is 9.76. The number of alkyl halides is 1. The first-order valence-corrected chi connectivity index (χ1v) is 9.76. The number of fused-ring (bicyclic) bond motifs is 1. The normalized spacial score (nSPS) is 23.8. The van der Waals surface area contributed by atoms with Gasteiger partial charge in [0, 0.05) is 37.8 Å². The summed E-state index contributed by atoms with van der Waals surface area (Å²) < 4.78 is 16.9. The fourth-order valence-corrected chi connectivity index (χ4v) is 4.19. The van der Waals surface area contributed by atoms with E-state index < -0.39 is 6.17 Å². The maximum atomic E-state index is 15.2. The Hall–Kier alpha value is -2.58. The maximum Gasteiger partial charge on any atom is 0.164 e. The van der Waals surface area contributed by atoms with Crippen molar-refractivity contribution in [1.82, 2.24) is 30.0 Å². The van der Waals surface area contributed by atoms with Crippen LogP contribution in [0.25, 0.3) is 22.3 Å². The van der Waals surface area contributed by atoms with Crippen molar-refractivity contribution in [2.24, 2.45) is 0 Å². The van der Waals surface area contributed by atoms with Gasteiger partial charge in [-0.15, -0.1) is 0 Å². The Kier molecular flexibility index (Phi) is 4.25. The van der Waals surface area contributed by atoms with Crippen molar-refractivity contribution in [3.05, 3.63) is 36.2 Å².